The Morgan fingerprint density at radius 1 is 0.857 bits per heavy atom. The Labute approximate surface area is 128 Å². The summed E-state index contributed by atoms with van der Waals surface area (Å²) in [5.41, 5.74) is 5.78. The Kier molecular flexibility index (Phi) is 4.28. The summed E-state index contributed by atoms with van der Waals surface area (Å²) in [7, 11) is 0. The van der Waals surface area contributed by atoms with Gasteiger partial charge in [0, 0.05) is 18.8 Å². The maximum absolute atomic E-state index is 2.59. The van der Waals surface area contributed by atoms with Crippen molar-refractivity contribution in [2.45, 2.75) is 33.1 Å². The van der Waals surface area contributed by atoms with Gasteiger partial charge in [-0.25, -0.2) is 0 Å². The van der Waals surface area contributed by atoms with E-state index in [0.717, 1.165) is 5.92 Å². The maximum Gasteiger partial charge on any atom is 0.0425 e. The van der Waals surface area contributed by atoms with Crippen LogP contribution in [-0.4, -0.2) is 13.1 Å². The number of piperidine rings is 1. The molecular formula is C20H25N. The van der Waals surface area contributed by atoms with E-state index in [9.17, 15) is 0 Å². The van der Waals surface area contributed by atoms with Crippen molar-refractivity contribution >= 4 is 5.69 Å². The monoisotopic (exact) mass is 279 g/mol. The number of para-hydroxylation sites is 1. The molecule has 2 aromatic carbocycles. The van der Waals surface area contributed by atoms with E-state index in [1.54, 1.807) is 0 Å². The zero-order valence-corrected chi connectivity index (χ0v) is 13.2. The van der Waals surface area contributed by atoms with Crippen LogP contribution in [0.4, 0.5) is 5.69 Å². The predicted molar refractivity (Wildman–Crippen MR) is 91.0 cm³/mol. The number of rotatable bonds is 3. The van der Waals surface area contributed by atoms with Crippen LogP contribution in [0, 0.1) is 19.8 Å². The molecule has 1 fully saturated rings. The van der Waals surface area contributed by atoms with Crippen molar-refractivity contribution in [1.29, 1.82) is 0 Å². The van der Waals surface area contributed by atoms with Crippen LogP contribution >= 0.6 is 0 Å². The molecule has 0 aliphatic carbocycles. The first-order chi connectivity index (χ1) is 10.2. The summed E-state index contributed by atoms with van der Waals surface area (Å²) in [6.07, 6.45) is 3.85. The molecule has 21 heavy (non-hydrogen) atoms. The van der Waals surface area contributed by atoms with Crippen molar-refractivity contribution in [3.63, 3.8) is 0 Å². The molecule has 3 rings (SSSR count). The minimum atomic E-state index is 0.841. The summed E-state index contributed by atoms with van der Waals surface area (Å²) >= 11 is 0. The Hall–Kier alpha value is -1.76. The second-order valence-electron chi connectivity index (χ2n) is 6.36. The van der Waals surface area contributed by atoms with Gasteiger partial charge in [0.25, 0.3) is 0 Å². The summed E-state index contributed by atoms with van der Waals surface area (Å²) in [5, 5.41) is 0. The Morgan fingerprint density at radius 3 is 2.10 bits per heavy atom. The van der Waals surface area contributed by atoms with E-state index >= 15 is 0 Å². The molecule has 1 heterocycles. The van der Waals surface area contributed by atoms with Crippen LogP contribution in [0.3, 0.4) is 0 Å². The summed E-state index contributed by atoms with van der Waals surface area (Å²) in [6, 6.07) is 17.6. The van der Waals surface area contributed by atoms with Gasteiger partial charge >= 0.3 is 0 Å². The standard InChI is InChI=1S/C20H25N/c1-16-7-6-8-17(2)20(16)21-13-11-19(12-14-21)15-18-9-4-3-5-10-18/h3-10,19H,11-15H2,1-2H3. The molecule has 0 bridgehead atoms. The second kappa shape index (κ2) is 6.34. The van der Waals surface area contributed by atoms with Crippen LogP contribution in [0.5, 0.6) is 0 Å². The van der Waals surface area contributed by atoms with Gasteiger partial charge in [0.15, 0.2) is 0 Å². The first-order valence-electron chi connectivity index (χ1n) is 8.09. The van der Waals surface area contributed by atoms with E-state index in [4.69, 9.17) is 0 Å². The quantitative estimate of drug-likeness (QED) is 0.783. The van der Waals surface area contributed by atoms with Crippen LogP contribution < -0.4 is 4.90 Å². The fourth-order valence-corrected chi connectivity index (χ4v) is 3.61. The van der Waals surface area contributed by atoms with Gasteiger partial charge in [-0.1, -0.05) is 48.5 Å². The van der Waals surface area contributed by atoms with Crippen LogP contribution in [0.2, 0.25) is 0 Å². The minimum Gasteiger partial charge on any atom is -0.371 e. The van der Waals surface area contributed by atoms with E-state index < -0.39 is 0 Å². The van der Waals surface area contributed by atoms with Crippen LogP contribution in [0.15, 0.2) is 48.5 Å². The molecule has 1 saturated heterocycles. The average molecular weight is 279 g/mol. The highest BCUT2D eigenvalue weighted by Gasteiger charge is 2.21. The number of anilines is 1. The number of benzene rings is 2. The van der Waals surface area contributed by atoms with Crippen molar-refractivity contribution in [1.82, 2.24) is 0 Å². The highest BCUT2D eigenvalue weighted by atomic mass is 15.1. The Morgan fingerprint density at radius 2 is 1.48 bits per heavy atom. The molecule has 2 aromatic rings. The van der Waals surface area contributed by atoms with Crippen molar-refractivity contribution in [2.75, 3.05) is 18.0 Å². The molecule has 0 N–H and O–H groups in total. The molecule has 110 valence electrons. The van der Waals surface area contributed by atoms with Crippen molar-refractivity contribution in [2.24, 2.45) is 5.92 Å². The fourth-order valence-electron chi connectivity index (χ4n) is 3.61. The van der Waals surface area contributed by atoms with Crippen LogP contribution in [0.25, 0.3) is 0 Å². The lowest BCUT2D eigenvalue weighted by Gasteiger charge is -2.35. The summed E-state index contributed by atoms with van der Waals surface area (Å²) in [6.45, 7) is 6.86. The molecule has 0 aromatic heterocycles. The lowest BCUT2D eigenvalue weighted by atomic mass is 9.89. The lowest BCUT2D eigenvalue weighted by Crippen LogP contribution is -2.35. The van der Waals surface area contributed by atoms with Gasteiger partial charge in [-0.2, -0.15) is 0 Å². The van der Waals surface area contributed by atoms with E-state index in [-0.39, 0.29) is 0 Å². The Balaban J connectivity index is 1.63. The highest BCUT2D eigenvalue weighted by Crippen LogP contribution is 2.30. The maximum atomic E-state index is 2.59. The smallest absolute Gasteiger partial charge is 0.0425 e. The van der Waals surface area contributed by atoms with Crippen LogP contribution in [-0.2, 0) is 6.42 Å². The van der Waals surface area contributed by atoms with E-state index in [0.29, 0.717) is 0 Å². The number of aryl methyl sites for hydroxylation is 2. The lowest BCUT2D eigenvalue weighted by molar-refractivity contribution is 0.403. The van der Waals surface area contributed by atoms with Gasteiger partial charge in [-0.15, -0.1) is 0 Å². The van der Waals surface area contributed by atoms with Crippen molar-refractivity contribution < 1.29 is 0 Å². The average Bonchev–Trinajstić information content (AvgIpc) is 2.50. The summed E-state index contributed by atoms with van der Waals surface area (Å²) in [4.78, 5) is 2.59. The van der Waals surface area contributed by atoms with Crippen LogP contribution in [0.1, 0.15) is 29.5 Å². The third-order valence-corrected chi connectivity index (χ3v) is 4.74. The van der Waals surface area contributed by atoms with Gasteiger partial charge in [0.2, 0.25) is 0 Å². The molecule has 1 heteroatoms. The van der Waals surface area contributed by atoms with Gasteiger partial charge in [0.1, 0.15) is 0 Å². The van der Waals surface area contributed by atoms with E-state index in [2.05, 4.69) is 67.3 Å². The molecule has 0 atom stereocenters. The zero-order valence-electron chi connectivity index (χ0n) is 13.2. The SMILES string of the molecule is Cc1cccc(C)c1N1CCC(Cc2ccccc2)CC1. The third kappa shape index (κ3) is 3.29. The van der Waals surface area contributed by atoms with Gasteiger partial charge < -0.3 is 4.90 Å². The Bertz CT molecular complexity index is 560. The second-order valence-corrected chi connectivity index (χ2v) is 6.36. The topological polar surface area (TPSA) is 3.24 Å². The van der Waals surface area contributed by atoms with Crippen molar-refractivity contribution in [3.8, 4) is 0 Å². The molecule has 1 aliphatic heterocycles. The van der Waals surface area contributed by atoms with Gasteiger partial charge in [-0.05, 0) is 55.7 Å². The number of hydrogen-bond acceptors (Lipinski definition) is 1. The molecule has 0 radical (unpaired) electrons. The molecule has 1 nitrogen and oxygen atoms in total. The van der Waals surface area contributed by atoms with E-state index in [1.165, 1.54) is 54.7 Å². The molecular weight excluding hydrogens is 254 g/mol. The summed E-state index contributed by atoms with van der Waals surface area (Å²) < 4.78 is 0. The van der Waals surface area contributed by atoms with Crippen molar-refractivity contribution in [3.05, 3.63) is 65.2 Å². The first kappa shape index (κ1) is 14.2. The number of nitrogens with zero attached hydrogens (tertiary/aromatic N) is 1. The highest BCUT2D eigenvalue weighted by molar-refractivity contribution is 5.59. The fraction of sp³-hybridized carbons (Fsp3) is 0.400. The molecule has 0 amide bonds. The third-order valence-electron chi connectivity index (χ3n) is 4.74. The molecule has 0 spiro atoms. The minimum absolute atomic E-state index is 0.841. The van der Waals surface area contributed by atoms with Gasteiger partial charge in [0.05, 0.1) is 0 Å². The largest absolute Gasteiger partial charge is 0.371 e. The number of hydrogen-bond donors (Lipinski definition) is 0. The normalized spacial score (nSPS) is 16.2. The van der Waals surface area contributed by atoms with E-state index in [1.807, 2.05) is 0 Å². The first-order valence-corrected chi connectivity index (χ1v) is 8.09. The zero-order chi connectivity index (χ0) is 14.7. The molecule has 0 unspecified atom stereocenters. The molecule has 1 aliphatic rings. The molecule has 0 saturated carbocycles. The van der Waals surface area contributed by atoms with Gasteiger partial charge in [-0.3, -0.25) is 0 Å². The summed E-state index contributed by atoms with van der Waals surface area (Å²) in [5.74, 6) is 0.841. The predicted octanol–water partition coefficient (Wildman–Crippen LogP) is 4.76.